The van der Waals surface area contributed by atoms with Crippen molar-refractivity contribution in [2.45, 2.75) is 58.3 Å². The van der Waals surface area contributed by atoms with Crippen LogP contribution in [0.5, 0.6) is 0 Å². The lowest BCUT2D eigenvalue weighted by Crippen LogP contribution is -2.61. The molecule has 0 heterocycles. The Labute approximate surface area is 97.5 Å². The summed E-state index contributed by atoms with van der Waals surface area (Å²) in [6.07, 6.45) is -0.149. The zero-order valence-corrected chi connectivity index (χ0v) is 10.8. The number of aliphatic hydroxyl groups is 1. The third-order valence-electron chi connectivity index (χ3n) is 2.90. The smallest absolute Gasteiger partial charge is 0.333 e. The first-order chi connectivity index (χ1) is 7.04. The first-order valence-electron chi connectivity index (χ1n) is 5.41. The second-order valence-corrected chi connectivity index (χ2v) is 4.95. The highest BCUT2D eigenvalue weighted by Gasteiger charge is 2.44. The van der Waals surface area contributed by atoms with E-state index in [9.17, 15) is 9.90 Å². The second kappa shape index (κ2) is 4.97. The predicted octanol–water partition coefficient (Wildman–Crippen LogP) is 1.37. The molecule has 4 heteroatoms. The van der Waals surface area contributed by atoms with Crippen molar-refractivity contribution in [2.75, 3.05) is 0 Å². The molecule has 3 N–H and O–H groups in total. The number of hydrogen-bond donors (Lipinski definition) is 2. The van der Waals surface area contributed by atoms with Gasteiger partial charge in [-0.15, -0.1) is 0 Å². The molecule has 0 aliphatic heterocycles. The highest BCUT2D eigenvalue weighted by Crippen LogP contribution is 2.27. The lowest BCUT2D eigenvalue weighted by atomic mass is 9.79. The van der Waals surface area contributed by atoms with Gasteiger partial charge in [-0.3, -0.25) is 0 Å². The van der Waals surface area contributed by atoms with Crippen molar-refractivity contribution in [1.82, 2.24) is 0 Å². The van der Waals surface area contributed by atoms with E-state index in [4.69, 9.17) is 10.5 Å². The number of hydrogen-bond acceptors (Lipinski definition) is 4. The molecule has 2 atom stereocenters. The molecular weight excluding hydrogens is 206 g/mol. The van der Waals surface area contributed by atoms with Gasteiger partial charge in [-0.25, -0.2) is 4.79 Å². The quantitative estimate of drug-likeness (QED) is 0.551. The summed E-state index contributed by atoms with van der Waals surface area (Å²) in [6, 6.07) is 0. The van der Waals surface area contributed by atoms with Crippen molar-refractivity contribution in [2.24, 2.45) is 5.73 Å². The summed E-state index contributed by atoms with van der Waals surface area (Å²) in [5, 5.41) is 10.3. The van der Waals surface area contributed by atoms with Crippen LogP contribution >= 0.6 is 0 Å². The molecule has 4 nitrogen and oxygen atoms in total. The Morgan fingerprint density at radius 2 is 1.94 bits per heavy atom. The van der Waals surface area contributed by atoms with Crippen LogP contribution in [0.2, 0.25) is 0 Å². The average Bonchev–Trinajstić information content (AvgIpc) is 2.11. The van der Waals surface area contributed by atoms with Gasteiger partial charge in [0.05, 0.1) is 0 Å². The van der Waals surface area contributed by atoms with Crippen molar-refractivity contribution in [3.05, 3.63) is 12.2 Å². The van der Waals surface area contributed by atoms with Crippen LogP contribution in [-0.2, 0) is 9.53 Å². The van der Waals surface area contributed by atoms with E-state index in [-0.39, 0.29) is 0 Å². The van der Waals surface area contributed by atoms with Gasteiger partial charge in [-0.1, -0.05) is 13.5 Å². The van der Waals surface area contributed by atoms with Gasteiger partial charge in [0.1, 0.15) is 11.7 Å². The Balaban J connectivity index is 4.87. The topological polar surface area (TPSA) is 72.5 Å². The predicted molar refractivity (Wildman–Crippen MR) is 63.9 cm³/mol. The lowest BCUT2D eigenvalue weighted by Gasteiger charge is -2.41. The highest BCUT2D eigenvalue weighted by atomic mass is 16.6. The fourth-order valence-corrected chi connectivity index (χ4v) is 1.24. The zero-order chi connectivity index (χ0) is 13.1. The molecule has 16 heavy (non-hydrogen) atoms. The maximum Gasteiger partial charge on any atom is 0.333 e. The summed E-state index contributed by atoms with van der Waals surface area (Å²) in [6.45, 7) is 11.9. The van der Waals surface area contributed by atoms with Gasteiger partial charge < -0.3 is 15.6 Å². The van der Waals surface area contributed by atoms with Crippen LogP contribution in [0.1, 0.15) is 41.0 Å². The van der Waals surface area contributed by atoms with Crippen LogP contribution in [0.4, 0.5) is 0 Å². The normalized spacial score (nSPS) is 17.4. The molecule has 2 unspecified atom stereocenters. The van der Waals surface area contributed by atoms with Gasteiger partial charge in [-0.05, 0) is 34.1 Å². The maximum absolute atomic E-state index is 11.4. The molecule has 0 aromatic heterocycles. The van der Waals surface area contributed by atoms with E-state index in [2.05, 4.69) is 6.58 Å². The van der Waals surface area contributed by atoms with Crippen molar-refractivity contribution < 1.29 is 14.6 Å². The first-order valence-corrected chi connectivity index (χ1v) is 5.41. The standard InChI is InChI=1S/C12H23NO3/c1-7-9(16-10(14)8(2)3)12(6,15)11(4,5)13/h9,15H,2,7,13H2,1,3-6H3. The van der Waals surface area contributed by atoms with E-state index in [0.717, 1.165) is 0 Å². The van der Waals surface area contributed by atoms with E-state index in [1.54, 1.807) is 27.7 Å². The summed E-state index contributed by atoms with van der Waals surface area (Å²) in [5.74, 6) is -0.503. The summed E-state index contributed by atoms with van der Waals surface area (Å²) >= 11 is 0. The maximum atomic E-state index is 11.4. The van der Waals surface area contributed by atoms with Crippen molar-refractivity contribution in [3.63, 3.8) is 0 Å². The molecule has 0 aromatic carbocycles. The second-order valence-electron chi connectivity index (χ2n) is 4.95. The number of rotatable bonds is 5. The summed E-state index contributed by atoms with van der Waals surface area (Å²) in [4.78, 5) is 11.4. The molecule has 0 spiro atoms. The van der Waals surface area contributed by atoms with Gasteiger partial charge in [0, 0.05) is 11.1 Å². The fraction of sp³-hybridized carbons (Fsp3) is 0.750. The lowest BCUT2D eigenvalue weighted by molar-refractivity contribution is -0.166. The SMILES string of the molecule is C=C(C)C(=O)OC(CC)C(C)(O)C(C)(C)N. The number of carbonyl (C=O) groups is 1. The van der Waals surface area contributed by atoms with Crippen LogP contribution in [0.3, 0.4) is 0 Å². The van der Waals surface area contributed by atoms with Gasteiger partial charge in [0.2, 0.25) is 0 Å². The Morgan fingerprint density at radius 1 is 1.50 bits per heavy atom. The number of carbonyl (C=O) groups excluding carboxylic acids is 1. The minimum absolute atomic E-state index is 0.309. The van der Waals surface area contributed by atoms with Gasteiger partial charge in [0.25, 0.3) is 0 Å². The summed E-state index contributed by atoms with van der Waals surface area (Å²) < 4.78 is 5.18. The molecule has 0 saturated carbocycles. The molecule has 0 radical (unpaired) electrons. The summed E-state index contributed by atoms with van der Waals surface area (Å²) in [7, 11) is 0. The average molecular weight is 229 g/mol. The molecule has 0 rings (SSSR count). The van der Waals surface area contributed by atoms with Crippen molar-refractivity contribution in [3.8, 4) is 0 Å². The van der Waals surface area contributed by atoms with Crippen LogP contribution in [0.25, 0.3) is 0 Å². The van der Waals surface area contributed by atoms with Crippen LogP contribution < -0.4 is 5.73 Å². The van der Waals surface area contributed by atoms with Crippen molar-refractivity contribution in [1.29, 1.82) is 0 Å². The molecule has 0 bridgehead atoms. The van der Waals surface area contributed by atoms with E-state index in [1.807, 2.05) is 6.92 Å². The molecule has 0 saturated heterocycles. The first kappa shape index (κ1) is 15.1. The van der Waals surface area contributed by atoms with Gasteiger partial charge >= 0.3 is 5.97 Å². The fourth-order valence-electron chi connectivity index (χ4n) is 1.24. The molecule has 94 valence electrons. The van der Waals surface area contributed by atoms with Crippen LogP contribution in [0, 0.1) is 0 Å². The van der Waals surface area contributed by atoms with Crippen LogP contribution in [-0.4, -0.2) is 28.3 Å². The van der Waals surface area contributed by atoms with Gasteiger partial charge in [-0.2, -0.15) is 0 Å². The third-order valence-corrected chi connectivity index (χ3v) is 2.90. The largest absolute Gasteiger partial charge is 0.456 e. The molecule has 0 aliphatic rings. The molecule has 0 aliphatic carbocycles. The number of esters is 1. The van der Waals surface area contributed by atoms with E-state index in [0.29, 0.717) is 12.0 Å². The zero-order valence-electron chi connectivity index (χ0n) is 10.8. The molecular formula is C12H23NO3. The molecule has 0 amide bonds. The van der Waals surface area contributed by atoms with E-state index in [1.165, 1.54) is 0 Å². The number of nitrogens with two attached hydrogens (primary N) is 1. The third kappa shape index (κ3) is 3.32. The minimum Gasteiger partial charge on any atom is -0.456 e. The highest BCUT2D eigenvalue weighted by molar-refractivity contribution is 5.87. The Morgan fingerprint density at radius 3 is 2.19 bits per heavy atom. The molecule has 0 aromatic rings. The van der Waals surface area contributed by atoms with Crippen LogP contribution in [0.15, 0.2) is 12.2 Å². The Bertz CT molecular complexity index is 276. The minimum atomic E-state index is -1.28. The van der Waals surface area contributed by atoms with E-state index >= 15 is 0 Å². The van der Waals surface area contributed by atoms with Gasteiger partial charge in [0.15, 0.2) is 0 Å². The van der Waals surface area contributed by atoms with Crippen molar-refractivity contribution >= 4 is 5.97 Å². The molecule has 0 fully saturated rings. The number of ether oxygens (including phenoxy) is 1. The Hall–Kier alpha value is -0.870. The monoisotopic (exact) mass is 229 g/mol. The van der Waals surface area contributed by atoms with E-state index < -0.39 is 23.2 Å². The Kier molecular flexibility index (Phi) is 4.70. The summed E-state index contributed by atoms with van der Waals surface area (Å²) in [5.41, 5.74) is 4.04.